The Hall–Kier alpha value is -2.50. The fourth-order valence-electron chi connectivity index (χ4n) is 3.52. The molecule has 1 N–H and O–H groups in total. The largest absolute Gasteiger partial charge is 0.335 e. The maximum Gasteiger partial charge on any atom is 0.254 e. The van der Waals surface area contributed by atoms with Gasteiger partial charge in [-0.15, -0.1) is 12.4 Å². The average molecular weight is 386 g/mol. The van der Waals surface area contributed by atoms with Crippen LogP contribution in [0, 0.1) is 12.7 Å². The maximum atomic E-state index is 13.6. The maximum absolute atomic E-state index is 13.6. The fourth-order valence-corrected chi connectivity index (χ4v) is 3.52. The summed E-state index contributed by atoms with van der Waals surface area (Å²) in [5, 5.41) is 4.16. The number of carbonyl (C=O) groups excluding carboxylic acids is 1. The Morgan fingerprint density at radius 1 is 1.19 bits per heavy atom. The predicted octanol–water partition coefficient (Wildman–Crippen LogP) is 3.89. The van der Waals surface area contributed by atoms with Gasteiger partial charge in [0.1, 0.15) is 5.82 Å². The number of aryl methyl sites for hydroxylation is 1. The summed E-state index contributed by atoms with van der Waals surface area (Å²) in [5.74, 6) is -0.380. The molecular formula is C21H21ClFN3O. The van der Waals surface area contributed by atoms with Crippen LogP contribution in [0.3, 0.4) is 0 Å². The Bertz CT molecular complexity index is 959. The molecule has 2 heterocycles. The predicted molar refractivity (Wildman–Crippen MR) is 107 cm³/mol. The minimum atomic E-state index is -0.347. The molecule has 0 bridgehead atoms. The van der Waals surface area contributed by atoms with Crippen molar-refractivity contribution in [3.05, 3.63) is 77.2 Å². The Labute approximate surface area is 163 Å². The van der Waals surface area contributed by atoms with Crippen LogP contribution in [0.4, 0.5) is 4.39 Å². The van der Waals surface area contributed by atoms with Gasteiger partial charge in [-0.1, -0.05) is 30.3 Å². The molecule has 0 spiro atoms. The van der Waals surface area contributed by atoms with E-state index in [1.54, 1.807) is 12.1 Å². The number of pyridine rings is 1. The number of rotatable bonds is 2. The average Bonchev–Trinajstić information content (AvgIpc) is 2.67. The van der Waals surface area contributed by atoms with Crippen molar-refractivity contribution in [2.75, 3.05) is 19.6 Å². The first-order valence-corrected chi connectivity index (χ1v) is 8.76. The Morgan fingerprint density at radius 3 is 2.74 bits per heavy atom. The second kappa shape index (κ2) is 8.03. The zero-order valence-electron chi connectivity index (χ0n) is 15.0. The van der Waals surface area contributed by atoms with Crippen molar-refractivity contribution in [1.82, 2.24) is 15.2 Å². The zero-order chi connectivity index (χ0) is 18.1. The first-order valence-electron chi connectivity index (χ1n) is 8.76. The highest BCUT2D eigenvalue weighted by molar-refractivity contribution is 6.06. The van der Waals surface area contributed by atoms with E-state index in [0.29, 0.717) is 35.2 Å². The van der Waals surface area contributed by atoms with Crippen LogP contribution in [-0.2, 0) is 0 Å². The van der Waals surface area contributed by atoms with Crippen molar-refractivity contribution in [3.8, 4) is 0 Å². The van der Waals surface area contributed by atoms with Crippen molar-refractivity contribution in [2.45, 2.75) is 13.0 Å². The highest BCUT2D eigenvalue weighted by atomic mass is 35.5. The van der Waals surface area contributed by atoms with Crippen molar-refractivity contribution in [1.29, 1.82) is 0 Å². The van der Waals surface area contributed by atoms with Gasteiger partial charge in [-0.25, -0.2) is 4.39 Å². The second-order valence-corrected chi connectivity index (χ2v) is 6.64. The van der Waals surface area contributed by atoms with Crippen LogP contribution in [0.1, 0.15) is 27.7 Å². The van der Waals surface area contributed by atoms with Crippen LogP contribution < -0.4 is 5.32 Å². The van der Waals surface area contributed by atoms with Crippen LogP contribution in [0.25, 0.3) is 10.9 Å². The first-order chi connectivity index (χ1) is 12.6. The van der Waals surface area contributed by atoms with E-state index in [2.05, 4.69) is 22.4 Å². The van der Waals surface area contributed by atoms with Gasteiger partial charge in [0.05, 0.1) is 11.1 Å². The van der Waals surface area contributed by atoms with Crippen LogP contribution >= 0.6 is 12.4 Å². The number of nitrogens with one attached hydrogen (secondary N) is 1. The number of benzene rings is 2. The number of amides is 1. The number of nitrogens with zero attached hydrogens (tertiary/aromatic N) is 2. The van der Waals surface area contributed by atoms with E-state index < -0.39 is 0 Å². The number of carbonyl (C=O) groups is 1. The van der Waals surface area contributed by atoms with Crippen molar-refractivity contribution < 1.29 is 9.18 Å². The number of aromatic nitrogens is 1. The summed E-state index contributed by atoms with van der Waals surface area (Å²) in [5.41, 5.74) is 2.98. The number of hydrogen-bond donors (Lipinski definition) is 1. The number of fused-ring (bicyclic) bond motifs is 1. The first kappa shape index (κ1) is 19.3. The summed E-state index contributed by atoms with van der Waals surface area (Å²) in [4.78, 5) is 19.4. The summed E-state index contributed by atoms with van der Waals surface area (Å²) in [6, 6.07) is 16.4. The van der Waals surface area contributed by atoms with Crippen LogP contribution in [0.15, 0.2) is 54.6 Å². The lowest BCUT2D eigenvalue weighted by atomic mass is 10.0. The Morgan fingerprint density at radius 2 is 1.96 bits per heavy atom. The van der Waals surface area contributed by atoms with Gasteiger partial charge in [-0.2, -0.15) is 0 Å². The highest BCUT2D eigenvalue weighted by Gasteiger charge is 2.26. The topological polar surface area (TPSA) is 45.2 Å². The van der Waals surface area contributed by atoms with E-state index in [4.69, 9.17) is 0 Å². The molecule has 0 saturated carbocycles. The molecule has 4 rings (SSSR count). The SMILES string of the molecule is Cc1cc(C(=O)N2CCNC(c3ccccc3)C2)c2ccc(F)cc2n1.Cl. The smallest absolute Gasteiger partial charge is 0.254 e. The second-order valence-electron chi connectivity index (χ2n) is 6.64. The van der Waals surface area contributed by atoms with E-state index in [1.165, 1.54) is 17.7 Å². The minimum Gasteiger partial charge on any atom is -0.335 e. The third-order valence-corrected chi connectivity index (χ3v) is 4.79. The lowest BCUT2D eigenvalue weighted by molar-refractivity contribution is 0.0705. The van der Waals surface area contributed by atoms with E-state index in [0.717, 1.165) is 6.54 Å². The molecule has 1 atom stereocenters. The Kier molecular flexibility index (Phi) is 5.73. The lowest BCUT2D eigenvalue weighted by Gasteiger charge is -2.34. The van der Waals surface area contributed by atoms with Crippen molar-refractivity contribution >= 4 is 29.2 Å². The molecule has 1 aliphatic heterocycles. The molecule has 27 heavy (non-hydrogen) atoms. The van der Waals surface area contributed by atoms with Gasteiger partial charge < -0.3 is 10.2 Å². The van der Waals surface area contributed by atoms with Gasteiger partial charge in [-0.05, 0) is 30.7 Å². The van der Waals surface area contributed by atoms with Crippen LogP contribution in [-0.4, -0.2) is 35.4 Å². The van der Waals surface area contributed by atoms with E-state index in [1.807, 2.05) is 30.0 Å². The van der Waals surface area contributed by atoms with E-state index in [-0.39, 0.29) is 30.2 Å². The molecule has 3 aromatic rings. The lowest BCUT2D eigenvalue weighted by Crippen LogP contribution is -2.48. The standard InChI is InChI=1S/C21H20FN3O.ClH/c1-14-11-18(17-8-7-16(22)12-19(17)24-14)21(26)25-10-9-23-20(13-25)15-5-3-2-4-6-15;/h2-8,11-12,20,23H,9-10,13H2,1H3;1H. The molecule has 6 heteroatoms. The molecule has 2 aromatic carbocycles. The molecule has 1 aliphatic rings. The number of piperazine rings is 1. The number of hydrogen-bond acceptors (Lipinski definition) is 3. The highest BCUT2D eigenvalue weighted by Crippen LogP contribution is 2.23. The molecule has 1 saturated heterocycles. The quantitative estimate of drug-likeness (QED) is 0.727. The van der Waals surface area contributed by atoms with E-state index >= 15 is 0 Å². The molecule has 0 aliphatic carbocycles. The third kappa shape index (κ3) is 3.94. The van der Waals surface area contributed by atoms with Gasteiger partial charge in [0.2, 0.25) is 0 Å². The molecule has 1 aromatic heterocycles. The summed E-state index contributed by atoms with van der Waals surface area (Å²) in [6.45, 7) is 3.81. The van der Waals surface area contributed by atoms with Gasteiger partial charge >= 0.3 is 0 Å². The minimum absolute atomic E-state index is 0. The molecule has 140 valence electrons. The van der Waals surface area contributed by atoms with Gasteiger partial charge in [0, 0.05) is 42.8 Å². The summed E-state index contributed by atoms with van der Waals surface area (Å²) in [7, 11) is 0. The van der Waals surface area contributed by atoms with Crippen LogP contribution in [0.2, 0.25) is 0 Å². The zero-order valence-corrected chi connectivity index (χ0v) is 15.8. The normalized spacial score (nSPS) is 16.8. The summed E-state index contributed by atoms with van der Waals surface area (Å²) >= 11 is 0. The monoisotopic (exact) mass is 385 g/mol. The van der Waals surface area contributed by atoms with Crippen LogP contribution in [0.5, 0.6) is 0 Å². The molecule has 1 amide bonds. The molecule has 0 radical (unpaired) electrons. The van der Waals surface area contributed by atoms with Gasteiger partial charge in [-0.3, -0.25) is 9.78 Å². The van der Waals surface area contributed by atoms with Gasteiger partial charge in [0.15, 0.2) is 0 Å². The molecule has 1 unspecified atom stereocenters. The third-order valence-electron chi connectivity index (χ3n) is 4.79. The van der Waals surface area contributed by atoms with Crippen molar-refractivity contribution in [3.63, 3.8) is 0 Å². The fraction of sp³-hybridized carbons (Fsp3) is 0.238. The molecule has 4 nitrogen and oxygen atoms in total. The molecular weight excluding hydrogens is 365 g/mol. The van der Waals surface area contributed by atoms with E-state index in [9.17, 15) is 9.18 Å². The summed E-state index contributed by atoms with van der Waals surface area (Å²) < 4.78 is 13.6. The van der Waals surface area contributed by atoms with Gasteiger partial charge in [0.25, 0.3) is 5.91 Å². The number of halogens is 2. The summed E-state index contributed by atoms with van der Waals surface area (Å²) in [6.07, 6.45) is 0. The molecule has 1 fully saturated rings. The Balaban J connectivity index is 0.00000210. The van der Waals surface area contributed by atoms with Crippen molar-refractivity contribution in [2.24, 2.45) is 0 Å².